The van der Waals surface area contributed by atoms with E-state index in [1.807, 2.05) is 33.8 Å². The van der Waals surface area contributed by atoms with Crippen LogP contribution in [-0.4, -0.2) is 50.5 Å². The topological polar surface area (TPSA) is 104 Å². The summed E-state index contributed by atoms with van der Waals surface area (Å²) in [5.74, 6) is -1.62. The van der Waals surface area contributed by atoms with E-state index >= 15 is 4.39 Å². The first-order valence-electron chi connectivity index (χ1n) is 15.3. The van der Waals surface area contributed by atoms with Crippen LogP contribution < -0.4 is 16.2 Å². The second-order valence-corrected chi connectivity index (χ2v) is 13.0. The lowest BCUT2D eigenvalue weighted by atomic mass is 9.95. The molecule has 236 valence electrons. The third kappa shape index (κ3) is 4.26. The number of carbonyl (C=O) groups excluding carboxylic acids is 1. The van der Waals surface area contributed by atoms with Crippen molar-refractivity contribution in [2.75, 3.05) is 18.0 Å². The average Bonchev–Trinajstić information content (AvgIpc) is 3.58. The molecule has 1 saturated heterocycles. The fraction of sp³-hybridized carbons (Fsp3) is 0.314. The molecule has 46 heavy (non-hydrogen) atoms. The Morgan fingerprint density at radius 3 is 2.63 bits per heavy atom. The number of pyridine rings is 2. The van der Waals surface area contributed by atoms with Gasteiger partial charge in [-0.05, 0) is 62.1 Å². The molecule has 2 unspecified atom stereocenters. The lowest BCUT2D eigenvalue weighted by Crippen LogP contribution is -2.57. The molecule has 5 heterocycles. The van der Waals surface area contributed by atoms with Gasteiger partial charge in [-0.15, -0.1) is 0 Å². The Kier molecular flexibility index (Phi) is 6.97. The number of hydrogen-bond donors (Lipinski definition) is 1. The lowest BCUT2D eigenvalue weighted by Gasteiger charge is -2.43. The van der Waals surface area contributed by atoms with Gasteiger partial charge < -0.3 is 14.2 Å². The molecule has 0 aliphatic carbocycles. The minimum Gasteiger partial charge on any atom is -0.407 e. The summed E-state index contributed by atoms with van der Waals surface area (Å²) in [6, 6.07) is 6.62. The SMILES string of the molecule is C=CC(=O)N1CC2Cc3c(c4cc(Cl)c(-c5c(C)ccc6[nH]c(=O)oc56)c(F)c4n(-c4c(C)ccnc4C(C)C)c3=O)N2CC1C. The predicted octanol–water partition coefficient (Wildman–Crippen LogP) is 6.17. The van der Waals surface area contributed by atoms with E-state index in [1.165, 1.54) is 10.6 Å². The van der Waals surface area contributed by atoms with E-state index in [0.29, 0.717) is 64.2 Å². The molecule has 3 aromatic heterocycles. The first-order valence-corrected chi connectivity index (χ1v) is 15.7. The fourth-order valence-electron chi connectivity index (χ4n) is 7.32. The quantitative estimate of drug-likeness (QED) is 0.236. The van der Waals surface area contributed by atoms with Crippen LogP contribution in [0, 0.1) is 19.7 Å². The molecule has 7 rings (SSSR count). The van der Waals surface area contributed by atoms with Crippen molar-refractivity contribution in [3.8, 4) is 16.8 Å². The van der Waals surface area contributed by atoms with Gasteiger partial charge in [0.2, 0.25) is 5.91 Å². The maximum atomic E-state index is 17.6. The number of carbonyl (C=O) groups is 1. The molecule has 2 aliphatic rings. The number of anilines is 1. The molecule has 1 amide bonds. The summed E-state index contributed by atoms with van der Waals surface area (Å²) in [5.41, 5.74) is 4.40. The van der Waals surface area contributed by atoms with Crippen LogP contribution >= 0.6 is 11.6 Å². The van der Waals surface area contributed by atoms with Crippen molar-refractivity contribution in [2.24, 2.45) is 0 Å². The fourth-order valence-corrected chi connectivity index (χ4v) is 7.61. The Morgan fingerprint density at radius 1 is 1.15 bits per heavy atom. The summed E-state index contributed by atoms with van der Waals surface area (Å²) < 4.78 is 24.6. The van der Waals surface area contributed by atoms with E-state index < -0.39 is 11.6 Å². The number of aromatic nitrogens is 3. The number of H-pyrrole nitrogens is 1. The number of amides is 1. The third-order valence-electron chi connectivity index (χ3n) is 9.42. The number of hydrogen-bond acceptors (Lipinski definition) is 6. The standard InChI is InChI=1S/C35H33ClFN5O4/c1-7-25(43)40-15-20-12-22-31(41(20)14-19(40)6)21-13-23(36)27(26-17(4)8-9-24-33(26)46-35(45)39-24)28(37)32(21)42(34(22)44)30-18(5)10-11-38-29(30)16(2)3/h7-11,13,16,19-20H,1,12,14-15H2,2-6H3,(H,39,45). The van der Waals surface area contributed by atoms with Crippen LogP contribution in [0.25, 0.3) is 38.8 Å². The monoisotopic (exact) mass is 641 g/mol. The van der Waals surface area contributed by atoms with Crippen molar-refractivity contribution in [3.05, 3.63) is 97.2 Å². The number of rotatable bonds is 4. The zero-order chi connectivity index (χ0) is 32.8. The number of piperazine rings is 1. The number of nitrogens with one attached hydrogen (secondary N) is 1. The number of aromatic amines is 1. The van der Waals surface area contributed by atoms with Crippen molar-refractivity contribution in [1.82, 2.24) is 19.4 Å². The Morgan fingerprint density at radius 2 is 1.91 bits per heavy atom. The van der Waals surface area contributed by atoms with Crippen LogP contribution in [0.1, 0.15) is 49.1 Å². The number of nitrogens with zero attached hydrogens (tertiary/aromatic N) is 4. The number of benzene rings is 2. The largest absolute Gasteiger partial charge is 0.417 e. The van der Waals surface area contributed by atoms with Crippen molar-refractivity contribution in [1.29, 1.82) is 0 Å². The summed E-state index contributed by atoms with van der Waals surface area (Å²) >= 11 is 7.01. The number of aryl methyl sites for hydroxylation is 2. The molecule has 11 heteroatoms. The highest BCUT2D eigenvalue weighted by Crippen LogP contribution is 2.46. The number of fused-ring (bicyclic) bond motifs is 6. The highest BCUT2D eigenvalue weighted by atomic mass is 35.5. The molecule has 1 fully saturated rings. The van der Waals surface area contributed by atoms with Crippen LogP contribution in [0.15, 0.2) is 57.1 Å². The molecular formula is C35H33ClFN5O4. The number of oxazole rings is 1. The van der Waals surface area contributed by atoms with Gasteiger partial charge in [0.25, 0.3) is 5.56 Å². The zero-order valence-corrected chi connectivity index (χ0v) is 27.0. The highest BCUT2D eigenvalue weighted by molar-refractivity contribution is 6.35. The molecule has 0 radical (unpaired) electrons. The summed E-state index contributed by atoms with van der Waals surface area (Å²) in [7, 11) is 0. The zero-order valence-electron chi connectivity index (χ0n) is 26.2. The maximum Gasteiger partial charge on any atom is 0.417 e. The van der Waals surface area contributed by atoms with E-state index in [0.717, 1.165) is 5.56 Å². The molecule has 2 atom stereocenters. The summed E-state index contributed by atoms with van der Waals surface area (Å²) in [6.45, 7) is 14.1. The summed E-state index contributed by atoms with van der Waals surface area (Å²) in [4.78, 5) is 50.9. The Hall–Kier alpha value is -4.70. The van der Waals surface area contributed by atoms with Gasteiger partial charge in [-0.25, -0.2) is 9.18 Å². The van der Waals surface area contributed by atoms with Gasteiger partial charge in [0.05, 0.1) is 39.2 Å². The van der Waals surface area contributed by atoms with Crippen molar-refractivity contribution < 1.29 is 13.6 Å². The van der Waals surface area contributed by atoms with E-state index in [4.69, 9.17) is 16.0 Å². The Bertz CT molecular complexity index is 2250. The summed E-state index contributed by atoms with van der Waals surface area (Å²) in [6.07, 6.45) is 3.38. The molecule has 0 saturated carbocycles. The molecule has 9 nitrogen and oxygen atoms in total. The van der Waals surface area contributed by atoms with Crippen LogP contribution in [0.3, 0.4) is 0 Å². The van der Waals surface area contributed by atoms with Gasteiger partial charge in [0, 0.05) is 53.8 Å². The maximum absolute atomic E-state index is 17.6. The van der Waals surface area contributed by atoms with Crippen molar-refractivity contribution in [2.45, 2.75) is 59.0 Å². The molecule has 5 aromatic rings. The average molecular weight is 642 g/mol. The van der Waals surface area contributed by atoms with Gasteiger partial charge in [0.1, 0.15) is 0 Å². The molecule has 1 N–H and O–H groups in total. The van der Waals surface area contributed by atoms with Crippen LogP contribution in [0.4, 0.5) is 10.1 Å². The molecular weight excluding hydrogens is 609 g/mol. The minimum absolute atomic E-state index is 0.0325. The Labute approximate surface area is 268 Å². The third-order valence-corrected chi connectivity index (χ3v) is 9.71. The predicted molar refractivity (Wildman–Crippen MR) is 178 cm³/mol. The van der Waals surface area contributed by atoms with E-state index in [1.54, 1.807) is 36.2 Å². The van der Waals surface area contributed by atoms with Crippen molar-refractivity contribution in [3.63, 3.8) is 0 Å². The van der Waals surface area contributed by atoms with Gasteiger partial charge in [-0.1, -0.05) is 38.1 Å². The summed E-state index contributed by atoms with van der Waals surface area (Å²) in [5, 5.41) is 0.596. The van der Waals surface area contributed by atoms with Crippen LogP contribution in [-0.2, 0) is 11.2 Å². The normalized spacial score (nSPS) is 17.7. The van der Waals surface area contributed by atoms with Gasteiger partial charge in [-0.2, -0.15) is 0 Å². The molecule has 0 spiro atoms. The van der Waals surface area contributed by atoms with E-state index in [-0.39, 0.29) is 51.2 Å². The van der Waals surface area contributed by atoms with Crippen molar-refractivity contribution >= 4 is 45.2 Å². The van der Waals surface area contributed by atoms with Crippen LogP contribution in [0.5, 0.6) is 0 Å². The lowest BCUT2D eigenvalue weighted by molar-refractivity contribution is -0.128. The molecule has 2 aliphatic heterocycles. The number of halogens is 2. The van der Waals surface area contributed by atoms with Gasteiger partial charge >= 0.3 is 5.76 Å². The second kappa shape index (κ2) is 10.7. The first-order chi connectivity index (χ1) is 21.9. The van der Waals surface area contributed by atoms with E-state index in [2.05, 4.69) is 21.4 Å². The van der Waals surface area contributed by atoms with E-state index in [9.17, 15) is 14.4 Å². The molecule has 0 bridgehead atoms. The Balaban J connectivity index is 1.61. The minimum atomic E-state index is -0.711. The smallest absolute Gasteiger partial charge is 0.407 e. The van der Waals surface area contributed by atoms with Gasteiger partial charge in [0.15, 0.2) is 11.4 Å². The second-order valence-electron chi connectivity index (χ2n) is 12.6. The van der Waals surface area contributed by atoms with Gasteiger partial charge in [-0.3, -0.25) is 24.1 Å². The highest BCUT2D eigenvalue weighted by Gasteiger charge is 2.42. The molecule has 2 aromatic carbocycles. The van der Waals surface area contributed by atoms with Crippen LogP contribution in [0.2, 0.25) is 5.02 Å². The first kappa shape index (κ1) is 30.0.